The van der Waals surface area contributed by atoms with Crippen molar-refractivity contribution in [3.8, 4) is 0 Å². The Hall–Kier alpha value is -1.19. The number of rotatable bonds is 3. The Balaban J connectivity index is 2.33. The normalized spacial score (nSPS) is 13.5. The quantitative estimate of drug-likeness (QED) is 0.913. The van der Waals surface area contributed by atoms with Gasteiger partial charge in [0.05, 0.1) is 17.2 Å². The Labute approximate surface area is 119 Å². The van der Waals surface area contributed by atoms with E-state index in [9.17, 15) is 0 Å². The van der Waals surface area contributed by atoms with Gasteiger partial charge in [0.2, 0.25) is 0 Å². The molecule has 3 heteroatoms. The number of hydrogen-bond acceptors (Lipinski definition) is 3. The molecule has 102 valence electrons. The second kappa shape index (κ2) is 5.43. The Morgan fingerprint density at radius 1 is 1.16 bits per heavy atom. The monoisotopic (exact) mass is 274 g/mol. The standard InChI is InChI=1S/C16H22N2S/c1-11-15(19-10-18-11)14(17-5)12-6-8-13(9-7-12)16(2,3)4/h6-10,14,17H,1-5H3. The Bertz CT molecular complexity index is 535. The summed E-state index contributed by atoms with van der Waals surface area (Å²) in [7, 11) is 2.00. The van der Waals surface area contributed by atoms with Crippen LogP contribution in [0.5, 0.6) is 0 Å². The second-order valence-corrected chi connectivity index (χ2v) is 6.78. The zero-order chi connectivity index (χ0) is 14.0. The maximum absolute atomic E-state index is 4.35. The molecular weight excluding hydrogens is 252 g/mol. The van der Waals surface area contributed by atoms with Crippen molar-refractivity contribution < 1.29 is 0 Å². The molecule has 0 radical (unpaired) electrons. The molecule has 0 aliphatic rings. The molecule has 1 atom stereocenters. The minimum atomic E-state index is 0.202. The summed E-state index contributed by atoms with van der Waals surface area (Å²) in [5, 5.41) is 3.39. The minimum absolute atomic E-state index is 0.202. The molecule has 1 N–H and O–H groups in total. The highest BCUT2D eigenvalue weighted by Crippen LogP contribution is 2.29. The molecule has 0 saturated heterocycles. The van der Waals surface area contributed by atoms with Gasteiger partial charge in [-0.15, -0.1) is 11.3 Å². The average molecular weight is 274 g/mol. The van der Waals surface area contributed by atoms with E-state index in [4.69, 9.17) is 0 Å². The number of nitrogens with zero attached hydrogens (tertiary/aromatic N) is 1. The van der Waals surface area contributed by atoms with Crippen molar-refractivity contribution in [2.75, 3.05) is 7.05 Å². The van der Waals surface area contributed by atoms with Gasteiger partial charge in [-0.05, 0) is 30.5 Å². The van der Waals surface area contributed by atoms with Crippen molar-refractivity contribution in [3.63, 3.8) is 0 Å². The number of benzene rings is 1. The van der Waals surface area contributed by atoms with Crippen LogP contribution in [0.1, 0.15) is 48.5 Å². The average Bonchev–Trinajstić information content (AvgIpc) is 2.76. The molecule has 0 aliphatic heterocycles. The molecule has 1 heterocycles. The van der Waals surface area contributed by atoms with Crippen LogP contribution in [0.4, 0.5) is 0 Å². The third-order valence-corrected chi connectivity index (χ3v) is 4.44. The van der Waals surface area contributed by atoms with E-state index in [0.29, 0.717) is 0 Å². The van der Waals surface area contributed by atoms with Crippen LogP contribution in [0.3, 0.4) is 0 Å². The fourth-order valence-electron chi connectivity index (χ4n) is 2.21. The van der Waals surface area contributed by atoms with Gasteiger partial charge in [-0.1, -0.05) is 45.0 Å². The van der Waals surface area contributed by atoms with E-state index in [1.54, 1.807) is 11.3 Å². The summed E-state index contributed by atoms with van der Waals surface area (Å²) in [5.74, 6) is 0. The Morgan fingerprint density at radius 3 is 2.21 bits per heavy atom. The lowest BCUT2D eigenvalue weighted by atomic mass is 9.86. The summed E-state index contributed by atoms with van der Waals surface area (Å²) < 4.78 is 0. The molecule has 0 saturated carbocycles. The molecule has 0 bridgehead atoms. The van der Waals surface area contributed by atoms with Gasteiger partial charge in [0.15, 0.2) is 0 Å². The highest BCUT2D eigenvalue weighted by molar-refractivity contribution is 7.09. The third-order valence-electron chi connectivity index (χ3n) is 3.44. The van der Waals surface area contributed by atoms with Crippen LogP contribution in [0.15, 0.2) is 29.8 Å². The van der Waals surface area contributed by atoms with Gasteiger partial charge in [0, 0.05) is 4.88 Å². The summed E-state index contributed by atoms with van der Waals surface area (Å²) in [4.78, 5) is 5.64. The Kier molecular flexibility index (Phi) is 4.07. The van der Waals surface area contributed by atoms with E-state index >= 15 is 0 Å². The fraction of sp³-hybridized carbons (Fsp3) is 0.438. The highest BCUT2D eigenvalue weighted by atomic mass is 32.1. The molecule has 2 aromatic rings. The zero-order valence-corrected chi connectivity index (χ0v) is 13.1. The first-order valence-electron chi connectivity index (χ1n) is 6.61. The predicted molar refractivity (Wildman–Crippen MR) is 82.9 cm³/mol. The third kappa shape index (κ3) is 3.04. The Morgan fingerprint density at radius 2 is 1.79 bits per heavy atom. The van der Waals surface area contributed by atoms with Crippen molar-refractivity contribution >= 4 is 11.3 Å². The van der Waals surface area contributed by atoms with Gasteiger partial charge in [-0.25, -0.2) is 4.98 Å². The molecule has 1 aromatic carbocycles. The minimum Gasteiger partial charge on any atom is -0.309 e. The molecule has 0 amide bonds. The topological polar surface area (TPSA) is 24.9 Å². The van der Waals surface area contributed by atoms with E-state index in [-0.39, 0.29) is 11.5 Å². The van der Waals surface area contributed by atoms with Crippen LogP contribution < -0.4 is 5.32 Å². The van der Waals surface area contributed by atoms with Gasteiger partial charge in [-0.2, -0.15) is 0 Å². The lowest BCUT2D eigenvalue weighted by Crippen LogP contribution is -2.18. The van der Waals surface area contributed by atoms with Crippen LogP contribution in [0, 0.1) is 6.92 Å². The van der Waals surface area contributed by atoms with Gasteiger partial charge in [0.25, 0.3) is 0 Å². The second-order valence-electron chi connectivity index (χ2n) is 5.90. The maximum atomic E-state index is 4.35. The van der Waals surface area contributed by atoms with E-state index in [0.717, 1.165) is 5.69 Å². The van der Waals surface area contributed by atoms with Crippen LogP contribution in [-0.4, -0.2) is 12.0 Å². The van der Waals surface area contributed by atoms with Crippen molar-refractivity contribution in [1.29, 1.82) is 0 Å². The molecule has 1 unspecified atom stereocenters. The first-order valence-corrected chi connectivity index (χ1v) is 7.49. The van der Waals surface area contributed by atoms with E-state index in [1.807, 2.05) is 12.6 Å². The summed E-state index contributed by atoms with van der Waals surface area (Å²) in [6, 6.07) is 9.15. The molecule has 2 nitrogen and oxygen atoms in total. The number of thiazole rings is 1. The SMILES string of the molecule is CNC(c1ccc(C(C)(C)C)cc1)c1scnc1C. The predicted octanol–water partition coefficient (Wildman–Crippen LogP) is 4.06. The van der Waals surface area contributed by atoms with Crippen LogP contribution in [0.2, 0.25) is 0 Å². The first kappa shape index (κ1) is 14.2. The molecule has 0 fully saturated rings. The van der Waals surface area contributed by atoms with Crippen molar-refractivity contribution in [3.05, 3.63) is 51.5 Å². The van der Waals surface area contributed by atoms with Crippen molar-refractivity contribution in [2.45, 2.75) is 39.2 Å². The van der Waals surface area contributed by atoms with Gasteiger partial charge in [-0.3, -0.25) is 0 Å². The molecule has 1 aromatic heterocycles. The number of aromatic nitrogens is 1. The number of hydrogen-bond donors (Lipinski definition) is 1. The lowest BCUT2D eigenvalue weighted by molar-refractivity contribution is 0.589. The van der Waals surface area contributed by atoms with Gasteiger partial charge >= 0.3 is 0 Å². The van der Waals surface area contributed by atoms with Crippen LogP contribution >= 0.6 is 11.3 Å². The van der Waals surface area contributed by atoms with E-state index in [1.165, 1.54) is 16.0 Å². The highest BCUT2D eigenvalue weighted by Gasteiger charge is 2.18. The van der Waals surface area contributed by atoms with Crippen LogP contribution in [0.25, 0.3) is 0 Å². The van der Waals surface area contributed by atoms with Crippen LogP contribution in [-0.2, 0) is 5.41 Å². The smallest absolute Gasteiger partial charge is 0.0798 e. The molecule has 2 rings (SSSR count). The van der Waals surface area contributed by atoms with E-state index in [2.05, 4.69) is 62.3 Å². The number of aryl methyl sites for hydroxylation is 1. The molecule has 0 spiro atoms. The summed E-state index contributed by atoms with van der Waals surface area (Å²) in [6.07, 6.45) is 0. The zero-order valence-electron chi connectivity index (χ0n) is 12.3. The first-order chi connectivity index (χ1) is 8.93. The molecule has 19 heavy (non-hydrogen) atoms. The summed E-state index contributed by atoms with van der Waals surface area (Å²) >= 11 is 1.71. The fourth-order valence-corrected chi connectivity index (χ4v) is 3.15. The van der Waals surface area contributed by atoms with Gasteiger partial charge < -0.3 is 5.32 Å². The maximum Gasteiger partial charge on any atom is 0.0798 e. The molecular formula is C16H22N2S. The summed E-state index contributed by atoms with van der Waals surface area (Å²) in [6.45, 7) is 8.79. The lowest BCUT2D eigenvalue weighted by Gasteiger charge is -2.21. The summed E-state index contributed by atoms with van der Waals surface area (Å²) in [5.41, 5.74) is 5.89. The van der Waals surface area contributed by atoms with Gasteiger partial charge in [0.1, 0.15) is 0 Å². The van der Waals surface area contributed by atoms with Crippen molar-refractivity contribution in [2.24, 2.45) is 0 Å². The van der Waals surface area contributed by atoms with E-state index < -0.39 is 0 Å². The number of nitrogens with one attached hydrogen (secondary N) is 1. The largest absolute Gasteiger partial charge is 0.309 e. The molecule has 0 aliphatic carbocycles. The van der Waals surface area contributed by atoms with Crippen molar-refractivity contribution in [1.82, 2.24) is 10.3 Å².